The molecule has 1 unspecified atom stereocenters. The lowest BCUT2D eigenvalue weighted by atomic mass is 9.81. The number of morpholine rings is 1. The molecule has 0 saturated carbocycles. The first-order valence-electron chi connectivity index (χ1n) is 9.53. The summed E-state index contributed by atoms with van der Waals surface area (Å²) < 4.78 is 15.3. The van der Waals surface area contributed by atoms with E-state index in [9.17, 15) is 10.2 Å². The van der Waals surface area contributed by atoms with Gasteiger partial charge in [0.15, 0.2) is 0 Å². The Morgan fingerprint density at radius 1 is 1.34 bits per heavy atom. The van der Waals surface area contributed by atoms with Crippen LogP contribution in [-0.2, 0) is 14.3 Å². The average molecular weight is 418 g/mol. The Labute approximate surface area is 176 Å². The first kappa shape index (κ1) is 22.8. The molecule has 2 aliphatic heterocycles. The number of quaternary nitrogens is 1. The minimum Gasteiger partial charge on any atom is -0.763 e. The lowest BCUT2D eigenvalue weighted by Crippen LogP contribution is -2.87. The zero-order chi connectivity index (χ0) is 21.2. The van der Waals surface area contributed by atoms with Crippen molar-refractivity contribution in [3.8, 4) is 5.75 Å². The van der Waals surface area contributed by atoms with Crippen LogP contribution < -0.4 is 15.4 Å². The highest BCUT2D eigenvalue weighted by molar-refractivity contribution is 7.80. The fraction of sp³-hybridized carbons (Fsp3) is 0.429. The molecule has 156 valence electrons. The number of allylic oxidation sites excluding steroid dienone is 1. The van der Waals surface area contributed by atoms with Crippen LogP contribution in [0, 0.1) is 0 Å². The van der Waals surface area contributed by atoms with Gasteiger partial charge >= 0.3 is 5.97 Å². The molecule has 1 fully saturated rings. The molecule has 3 N–H and O–H groups in total. The normalized spacial score (nSPS) is 18.8. The fourth-order valence-electron chi connectivity index (χ4n) is 3.10. The number of nitrogens with one attached hydrogen (secondary N) is 1. The maximum absolute atomic E-state index is 12.4. The molecule has 0 spiro atoms. The number of hydrogen-bond donors (Lipinski definition) is 2. The number of ether oxygens (including phenoxy) is 3. The third-order valence-electron chi connectivity index (χ3n) is 4.52. The van der Waals surface area contributed by atoms with E-state index in [1.807, 2.05) is 12.1 Å². The van der Waals surface area contributed by atoms with Gasteiger partial charge in [0.1, 0.15) is 10.7 Å². The first-order valence-corrected chi connectivity index (χ1v) is 9.93. The van der Waals surface area contributed by atoms with E-state index < -0.39 is 11.9 Å². The van der Waals surface area contributed by atoms with Crippen molar-refractivity contribution in [2.75, 3.05) is 40.0 Å². The molecule has 8 heteroatoms. The maximum atomic E-state index is 12.4. The fourth-order valence-corrected chi connectivity index (χ4v) is 3.42. The van der Waals surface area contributed by atoms with Crippen molar-refractivity contribution in [1.82, 2.24) is 5.32 Å². The number of carbonyl (C=O) groups excluding carboxylic acids is 1. The topological polar surface area (TPSA) is 95.7 Å². The van der Waals surface area contributed by atoms with Crippen LogP contribution in [0.1, 0.15) is 25.3 Å². The molecule has 1 atom stereocenters. The molecule has 0 radical (unpaired) electrons. The van der Waals surface area contributed by atoms with Crippen LogP contribution in [-0.4, -0.2) is 56.8 Å². The molecule has 1 saturated heterocycles. The number of rotatable bonds is 4. The zero-order valence-electron chi connectivity index (χ0n) is 17.0. The summed E-state index contributed by atoms with van der Waals surface area (Å²) in [4.78, 5) is 12.7. The molecule has 3 rings (SSSR count). The van der Waals surface area contributed by atoms with Crippen molar-refractivity contribution in [2.24, 2.45) is 0 Å². The van der Waals surface area contributed by atoms with Gasteiger partial charge in [-0.15, -0.1) is 0 Å². The van der Waals surface area contributed by atoms with Crippen molar-refractivity contribution >= 4 is 29.0 Å². The summed E-state index contributed by atoms with van der Waals surface area (Å²) in [5.41, 5.74) is 2.13. The quantitative estimate of drug-likeness (QED) is 0.332. The Bertz CT molecular complexity index is 798. The van der Waals surface area contributed by atoms with Gasteiger partial charge in [0.05, 0.1) is 51.5 Å². The van der Waals surface area contributed by atoms with Gasteiger partial charge in [-0.25, -0.2) is 4.79 Å². The van der Waals surface area contributed by atoms with Crippen molar-refractivity contribution in [3.63, 3.8) is 0 Å². The number of nitrogens with two attached hydrogens (primary N) is 1. The zero-order valence-corrected chi connectivity index (χ0v) is 17.8. The summed E-state index contributed by atoms with van der Waals surface area (Å²) in [7, 11) is 1.58. The van der Waals surface area contributed by atoms with E-state index in [0.717, 1.165) is 31.9 Å². The minimum absolute atomic E-state index is 0.261. The van der Waals surface area contributed by atoms with Gasteiger partial charge in [-0.1, -0.05) is 24.4 Å². The summed E-state index contributed by atoms with van der Waals surface area (Å²) in [5.74, 6) is 1.82. The molecule has 0 bridgehead atoms. The highest BCUT2D eigenvalue weighted by Gasteiger charge is 2.34. The monoisotopic (exact) mass is 417 g/mol. The second kappa shape index (κ2) is 11.5. The summed E-state index contributed by atoms with van der Waals surface area (Å²) in [6.07, 6.45) is 0. The largest absolute Gasteiger partial charge is 0.763 e. The summed E-state index contributed by atoms with van der Waals surface area (Å²) in [6.45, 7) is 7.95. The highest BCUT2D eigenvalue weighted by Crippen LogP contribution is 2.37. The van der Waals surface area contributed by atoms with Crippen molar-refractivity contribution in [1.29, 1.82) is 0 Å². The Morgan fingerprint density at radius 3 is 2.45 bits per heavy atom. The number of thiocarbonyl (C=S) groups is 1. The van der Waals surface area contributed by atoms with Gasteiger partial charge in [0, 0.05) is 11.3 Å². The Hall–Kier alpha value is -2.51. The predicted octanol–water partition coefficient (Wildman–Crippen LogP) is 1.29. The number of methoxy groups -OCH3 is 1. The third kappa shape index (κ3) is 5.98. The van der Waals surface area contributed by atoms with Crippen LogP contribution in [0.2, 0.25) is 0 Å². The maximum Gasteiger partial charge on any atom is 0.336 e. The summed E-state index contributed by atoms with van der Waals surface area (Å²) in [6, 6.07) is 7.21. The minimum atomic E-state index is -0.543. The van der Waals surface area contributed by atoms with Crippen LogP contribution in [0.15, 0.2) is 41.1 Å². The van der Waals surface area contributed by atoms with Gasteiger partial charge in [-0.3, -0.25) is 5.87 Å². The van der Waals surface area contributed by atoms with Gasteiger partial charge in [-0.2, -0.15) is 0 Å². The molecular formula is C21H27N3O4S. The van der Waals surface area contributed by atoms with E-state index in [-0.39, 0.29) is 6.61 Å². The number of carbonyl (C=O) groups is 1. The molecule has 0 aromatic heterocycles. The predicted molar refractivity (Wildman–Crippen MR) is 115 cm³/mol. The summed E-state index contributed by atoms with van der Waals surface area (Å²) >= 11 is 5.25. The lowest BCUT2D eigenvalue weighted by Gasteiger charge is -2.30. The van der Waals surface area contributed by atoms with Crippen LogP contribution in [0.3, 0.4) is 0 Å². The lowest BCUT2D eigenvalue weighted by molar-refractivity contribution is -0.670. The summed E-state index contributed by atoms with van der Waals surface area (Å²) in [5, 5.41) is 14.7. The van der Waals surface area contributed by atoms with Gasteiger partial charge in [0.2, 0.25) is 0 Å². The standard InChI is InChI=1S/C17H17N2O3S.C4H9NO/c1-4-22-17(20)14-10(2)19-16(23)13(9-18)15(14)11-5-7-12(21-3)8-6-11;1-3-6-4-2-5-1/h5-8,15H,4H2,1-3H3,(H,19,23);5H,1-4H2/q-1;/p+1. The number of benzene rings is 1. The van der Waals surface area contributed by atoms with E-state index in [2.05, 4.69) is 16.5 Å². The highest BCUT2D eigenvalue weighted by atomic mass is 32.1. The molecule has 2 heterocycles. The molecule has 1 aromatic carbocycles. The Balaban J connectivity index is 0.000000426. The molecule has 29 heavy (non-hydrogen) atoms. The molecule has 2 aliphatic rings. The first-order chi connectivity index (χ1) is 14.0. The molecular weight excluding hydrogens is 390 g/mol. The van der Waals surface area contributed by atoms with E-state index in [4.69, 9.17) is 26.4 Å². The smallest absolute Gasteiger partial charge is 0.336 e. The van der Waals surface area contributed by atoms with Crippen molar-refractivity contribution in [2.45, 2.75) is 19.8 Å². The van der Waals surface area contributed by atoms with E-state index in [0.29, 0.717) is 27.6 Å². The van der Waals surface area contributed by atoms with Crippen LogP contribution in [0.4, 0.5) is 0 Å². The Kier molecular flexibility index (Phi) is 9.02. The van der Waals surface area contributed by atoms with Gasteiger partial charge in [-0.05, 0) is 31.5 Å². The SMILES string of the molecule is C1COCC[NH2+]1.CCOC(=O)C1=C(C)NC(=S)C(=C=[N-])C1c1ccc(OC)cc1. The van der Waals surface area contributed by atoms with Gasteiger partial charge < -0.3 is 30.3 Å². The molecule has 7 nitrogen and oxygen atoms in total. The van der Waals surface area contributed by atoms with E-state index >= 15 is 0 Å². The molecule has 0 aliphatic carbocycles. The second-order valence-corrected chi connectivity index (χ2v) is 6.83. The van der Waals surface area contributed by atoms with Crippen LogP contribution >= 0.6 is 12.2 Å². The number of hydrogen-bond acceptors (Lipinski definition) is 5. The van der Waals surface area contributed by atoms with Crippen LogP contribution in [0.25, 0.3) is 5.41 Å². The van der Waals surface area contributed by atoms with E-state index in [1.54, 1.807) is 33.1 Å². The Morgan fingerprint density at radius 2 is 2.00 bits per heavy atom. The number of nitrogens with zero attached hydrogens (tertiary/aromatic N) is 1. The average Bonchev–Trinajstić information content (AvgIpc) is 2.75. The second-order valence-electron chi connectivity index (χ2n) is 6.42. The molecule has 1 aromatic rings. The van der Waals surface area contributed by atoms with Gasteiger partial charge in [0.25, 0.3) is 0 Å². The third-order valence-corrected chi connectivity index (χ3v) is 4.85. The van der Waals surface area contributed by atoms with Crippen molar-refractivity contribution < 1.29 is 24.3 Å². The number of esters is 1. The van der Waals surface area contributed by atoms with E-state index in [1.165, 1.54) is 0 Å². The van der Waals surface area contributed by atoms with Crippen molar-refractivity contribution in [3.05, 3.63) is 52.1 Å². The molecule has 0 amide bonds. The van der Waals surface area contributed by atoms with Crippen LogP contribution in [0.5, 0.6) is 5.75 Å².